The van der Waals surface area contributed by atoms with Crippen LogP contribution >= 0.6 is 0 Å². The average molecular weight is 524 g/mol. The number of nitriles is 1. The highest BCUT2D eigenvalue weighted by Gasteiger charge is 2.04. The molecule has 0 unspecified atom stereocenters. The first-order valence-electron chi connectivity index (χ1n) is 14.2. The van der Waals surface area contributed by atoms with Crippen molar-refractivity contribution in [2.75, 3.05) is 13.2 Å². The SMILES string of the molecule is C=C(C)C(=O)OCCCCCCCCCCCCOc1ccc(/C=C(\C#N)c2ccc3ccccc3c2)cc1. The van der Waals surface area contributed by atoms with E-state index < -0.39 is 0 Å². The number of hydrogen-bond donors (Lipinski definition) is 0. The zero-order valence-corrected chi connectivity index (χ0v) is 23.3. The van der Waals surface area contributed by atoms with E-state index in [4.69, 9.17) is 9.47 Å². The minimum Gasteiger partial charge on any atom is -0.494 e. The molecule has 3 aromatic carbocycles. The van der Waals surface area contributed by atoms with Gasteiger partial charge in [0.15, 0.2) is 0 Å². The molecule has 0 aliphatic heterocycles. The molecule has 204 valence electrons. The van der Waals surface area contributed by atoms with E-state index in [2.05, 4.69) is 36.9 Å². The maximum atomic E-state index is 11.3. The number of allylic oxidation sites excluding steroid dienone is 1. The van der Waals surface area contributed by atoms with Crippen molar-refractivity contribution in [3.8, 4) is 11.8 Å². The van der Waals surface area contributed by atoms with Crippen LogP contribution in [0.3, 0.4) is 0 Å². The minimum absolute atomic E-state index is 0.283. The molecule has 0 saturated carbocycles. The molecule has 0 fully saturated rings. The van der Waals surface area contributed by atoms with Crippen molar-refractivity contribution in [2.24, 2.45) is 0 Å². The molecule has 0 saturated heterocycles. The number of unbranched alkanes of at least 4 members (excludes halogenated alkanes) is 9. The number of rotatable bonds is 17. The van der Waals surface area contributed by atoms with Crippen LogP contribution in [-0.2, 0) is 9.53 Å². The van der Waals surface area contributed by atoms with E-state index in [1.807, 2.05) is 48.5 Å². The molecule has 0 amide bonds. The van der Waals surface area contributed by atoms with Gasteiger partial charge in [0.1, 0.15) is 5.75 Å². The summed E-state index contributed by atoms with van der Waals surface area (Å²) in [5.74, 6) is 0.584. The first-order valence-corrected chi connectivity index (χ1v) is 14.2. The summed E-state index contributed by atoms with van der Waals surface area (Å²) in [6.07, 6.45) is 13.8. The normalized spacial score (nSPS) is 11.2. The van der Waals surface area contributed by atoms with Gasteiger partial charge < -0.3 is 9.47 Å². The number of fused-ring (bicyclic) bond motifs is 1. The van der Waals surface area contributed by atoms with Crippen molar-refractivity contribution in [2.45, 2.75) is 71.1 Å². The van der Waals surface area contributed by atoms with Crippen LogP contribution in [0.25, 0.3) is 22.4 Å². The lowest BCUT2D eigenvalue weighted by atomic mass is 10.0. The third-order valence-corrected chi connectivity index (χ3v) is 6.76. The summed E-state index contributed by atoms with van der Waals surface area (Å²) in [7, 11) is 0. The van der Waals surface area contributed by atoms with Crippen molar-refractivity contribution < 1.29 is 14.3 Å². The number of ether oxygens (including phenoxy) is 2. The van der Waals surface area contributed by atoms with Gasteiger partial charge in [-0.1, -0.05) is 106 Å². The molecule has 39 heavy (non-hydrogen) atoms. The Balaban J connectivity index is 1.25. The van der Waals surface area contributed by atoms with Crippen LogP contribution in [0, 0.1) is 11.3 Å². The Morgan fingerprint density at radius 3 is 2.00 bits per heavy atom. The molecule has 0 aliphatic rings. The number of hydrogen-bond acceptors (Lipinski definition) is 4. The molecular weight excluding hydrogens is 482 g/mol. The zero-order valence-electron chi connectivity index (χ0n) is 23.3. The average Bonchev–Trinajstić information content (AvgIpc) is 2.96. The summed E-state index contributed by atoms with van der Waals surface area (Å²) >= 11 is 0. The van der Waals surface area contributed by atoms with Gasteiger partial charge in [-0.25, -0.2) is 4.79 Å². The fraction of sp³-hybridized carbons (Fsp3) is 0.371. The van der Waals surface area contributed by atoms with E-state index in [0.717, 1.165) is 48.1 Å². The van der Waals surface area contributed by atoms with Gasteiger partial charge in [-0.15, -0.1) is 0 Å². The van der Waals surface area contributed by atoms with Crippen LogP contribution in [0.1, 0.15) is 82.3 Å². The van der Waals surface area contributed by atoms with Gasteiger partial charge in [-0.2, -0.15) is 5.26 Å². The first-order chi connectivity index (χ1) is 19.1. The summed E-state index contributed by atoms with van der Waals surface area (Å²) in [5.41, 5.74) is 3.03. The molecule has 0 aromatic heterocycles. The second-order valence-electron chi connectivity index (χ2n) is 10.1. The molecule has 4 heteroatoms. The van der Waals surface area contributed by atoms with Gasteiger partial charge in [-0.3, -0.25) is 0 Å². The number of carbonyl (C=O) groups excluding carboxylic acids is 1. The Bertz CT molecular complexity index is 1270. The molecule has 0 atom stereocenters. The molecule has 0 spiro atoms. The largest absolute Gasteiger partial charge is 0.494 e. The topological polar surface area (TPSA) is 59.3 Å². The third-order valence-electron chi connectivity index (χ3n) is 6.76. The van der Waals surface area contributed by atoms with Gasteiger partial charge in [0.25, 0.3) is 0 Å². The first kappa shape index (κ1) is 29.7. The number of carbonyl (C=O) groups is 1. The Hall–Kier alpha value is -3.84. The van der Waals surface area contributed by atoms with Crippen LogP contribution in [0.4, 0.5) is 0 Å². The lowest BCUT2D eigenvalue weighted by molar-refractivity contribution is -0.139. The van der Waals surface area contributed by atoms with Crippen molar-refractivity contribution in [1.29, 1.82) is 5.26 Å². The summed E-state index contributed by atoms with van der Waals surface area (Å²) in [6, 6.07) is 24.6. The van der Waals surface area contributed by atoms with Crippen molar-refractivity contribution >= 4 is 28.4 Å². The maximum Gasteiger partial charge on any atom is 0.333 e. The molecule has 3 rings (SSSR count). The predicted molar refractivity (Wildman–Crippen MR) is 161 cm³/mol. The van der Waals surface area contributed by atoms with E-state index in [-0.39, 0.29) is 5.97 Å². The van der Waals surface area contributed by atoms with Gasteiger partial charge in [0.2, 0.25) is 0 Å². The van der Waals surface area contributed by atoms with Gasteiger partial charge in [-0.05, 0) is 65.9 Å². The fourth-order valence-electron chi connectivity index (χ4n) is 4.46. The van der Waals surface area contributed by atoms with Gasteiger partial charge >= 0.3 is 5.97 Å². The Morgan fingerprint density at radius 1 is 0.795 bits per heavy atom. The van der Waals surface area contributed by atoms with Crippen LogP contribution < -0.4 is 4.74 Å². The number of esters is 1. The van der Waals surface area contributed by atoms with Gasteiger partial charge in [0.05, 0.1) is 24.9 Å². The molecule has 0 heterocycles. The quantitative estimate of drug-likeness (QED) is 0.0581. The number of benzene rings is 3. The van der Waals surface area contributed by atoms with E-state index >= 15 is 0 Å². The van der Waals surface area contributed by atoms with Crippen LogP contribution in [0.5, 0.6) is 5.75 Å². The summed E-state index contributed by atoms with van der Waals surface area (Å²) < 4.78 is 11.0. The molecule has 0 aliphatic carbocycles. The second kappa shape index (κ2) is 16.9. The zero-order chi connectivity index (χ0) is 27.7. The van der Waals surface area contributed by atoms with Crippen LogP contribution in [-0.4, -0.2) is 19.2 Å². The fourth-order valence-corrected chi connectivity index (χ4v) is 4.46. The molecule has 3 aromatic rings. The Kier molecular flexibility index (Phi) is 12.9. The standard InChI is InChI=1S/C35H41NO3/c1-28(2)35(37)39-24-14-10-8-6-4-3-5-7-9-13-23-38-34-21-17-29(18-22-34)25-33(27-36)32-20-19-30-15-11-12-16-31(30)26-32/h11-12,15-22,25-26H,1,3-10,13-14,23-24H2,2H3/b33-25+. The molecule has 0 bridgehead atoms. The van der Waals surface area contributed by atoms with E-state index in [9.17, 15) is 10.1 Å². The summed E-state index contributed by atoms with van der Waals surface area (Å²) in [6.45, 7) is 6.49. The highest BCUT2D eigenvalue weighted by Crippen LogP contribution is 2.24. The van der Waals surface area contributed by atoms with E-state index in [0.29, 0.717) is 17.8 Å². The Labute approximate surface area is 234 Å². The van der Waals surface area contributed by atoms with E-state index in [1.54, 1.807) is 6.92 Å². The lowest BCUT2D eigenvalue weighted by Crippen LogP contribution is -2.05. The molecule has 0 N–H and O–H groups in total. The van der Waals surface area contributed by atoms with Crippen LogP contribution in [0.2, 0.25) is 0 Å². The van der Waals surface area contributed by atoms with Crippen molar-refractivity contribution in [3.05, 3.63) is 90.0 Å². The minimum atomic E-state index is -0.283. The highest BCUT2D eigenvalue weighted by molar-refractivity contribution is 5.94. The predicted octanol–water partition coefficient (Wildman–Crippen LogP) is 9.30. The Morgan fingerprint density at radius 2 is 1.38 bits per heavy atom. The maximum absolute atomic E-state index is 11.3. The van der Waals surface area contributed by atoms with Crippen molar-refractivity contribution in [1.82, 2.24) is 0 Å². The smallest absolute Gasteiger partial charge is 0.333 e. The van der Waals surface area contributed by atoms with E-state index in [1.165, 1.54) is 50.3 Å². The lowest BCUT2D eigenvalue weighted by Gasteiger charge is -2.07. The van der Waals surface area contributed by atoms with Crippen molar-refractivity contribution in [3.63, 3.8) is 0 Å². The summed E-state index contributed by atoms with van der Waals surface area (Å²) in [4.78, 5) is 11.3. The van der Waals surface area contributed by atoms with Crippen LogP contribution in [0.15, 0.2) is 78.9 Å². The highest BCUT2D eigenvalue weighted by atomic mass is 16.5. The number of nitrogens with zero attached hydrogens (tertiary/aromatic N) is 1. The monoisotopic (exact) mass is 523 g/mol. The second-order valence-corrected chi connectivity index (χ2v) is 10.1. The molecule has 0 radical (unpaired) electrons. The summed E-state index contributed by atoms with van der Waals surface area (Å²) in [5, 5.41) is 12.0. The van der Waals surface area contributed by atoms with Gasteiger partial charge in [0, 0.05) is 5.57 Å². The molecular formula is C35H41NO3. The third kappa shape index (κ3) is 10.8. The molecule has 4 nitrogen and oxygen atoms in total.